The molecule has 33 heavy (non-hydrogen) atoms. The van der Waals surface area contributed by atoms with E-state index in [-0.39, 0.29) is 34.8 Å². The van der Waals surface area contributed by atoms with Gasteiger partial charge in [0.1, 0.15) is 29.1 Å². The number of benzene rings is 2. The molecule has 5 rings (SSSR count). The maximum atomic E-state index is 14.1. The number of oxazole rings is 1. The lowest BCUT2D eigenvalue weighted by Crippen LogP contribution is -2.38. The Hall–Kier alpha value is -3.81. The Labute approximate surface area is 188 Å². The standard InChI is InChI=1S/C25H21F2N3O3/c26-17-10-8-16(9-11-17)13-18-15-28-24(32-18)22-7-3-4-12-30(22)25(31)23-14-21(29-33-23)19-5-1-2-6-20(19)27/h1-2,5-6,8-11,14-15,22H,3-4,7,12-13H2. The fourth-order valence-corrected chi connectivity index (χ4v) is 4.11. The Morgan fingerprint density at radius 3 is 2.73 bits per heavy atom. The quantitative estimate of drug-likeness (QED) is 0.399. The Morgan fingerprint density at radius 1 is 1.09 bits per heavy atom. The Balaban J connectivity index is 1.35. The molecule has 1 aliphatic heterocycles. The zero-order valence-electron chi connectivity index (χ0n) is 17.7. The molecule has 1 saturated heterocycles. The molecule has 1 unspecified atom stereocenters. The van der Waals surface area contributed by atoms with Crippen LogP contribution in [0.2, 0.25) is 0 Å². The lowest BCUT2D eigenvalue weighted by Gasteiger charge is -2.32. The third-order valence-electron chi connectivity index (χ3n) is 5.78. The van der Waals surface area contributed by atoms with Crippen LogP contribution in [0.15, 0.2) is 69.7 Å². The average Bonchev–Trinajstić information content (AvgIpc) is 3.51. The van der Waals surface area contributed by atoms with Gasteiger partial charge in [0.2, 0.25) is 11.7 Å². The highest BCUT2D eigenvalue weighted by atomic mass is 19.1. The van der Waals surface area contributed by atoms with Crippen molar-refractivity contribution in [3.8, 4) is 11.3 Å². The Morgan fingerprint density at radius 2 is 1.91 bits per heavy atom. The van der Waals surface area contributed by atoms with Crippen LogP contribution >= 0.6 is 0 Å². The molecular weight excluding hydrogens is 428 g/mol. The van der Waals surface area contributed by atoms with Crippen LogP contribution in [0.3, 0.4) is 0 Å². The van der Waals surface area contributed by atoms with Crippen molar-refractivity contribution in [1.82, 2.24) is 15.0 Å². The molecular formula is C25H21F2N3O3. The molecule has 168 valence electrons. The second-order valence-electron chi connectivity index (χ2n) is 8.03. The third kappa shape index (κ3) is 4.41. The summed E-state index contributed by atoms with van der Waals surface area (Å²) >= 11 is 0. The first kappa shape index (κ1) is 21.1. The van der Waals surface area contributed by atoms with Crippen molar-refractivity contribution in [2.24, 2.45) is 0 Å². The molecule has 6 nitrogen and oxygen atoms in total. The lowest BCUT2D eigenvalue weighted by atomic mass is 10.0. The van der Waals surface area contributed by atoms with Crippen molar-refractivity contribution < 1.29 is 22.5 Å². The van der Waals surface area contributed by atoms with Crippen molar-refractivity contribution in [2.75, 3.05) is 6.54 Å². The second kappa shape index (κ2) is 8.97. The fraction of sp³-hybridized carbons (Fsp3) is 0.240. The van der Waals surface area contributed by atoms with Gasteiger partial charge in [-0.3, -0.25) is 4.79 Å². The Kier molecular flexibility index (Phi) is 5.73. The summed E-state index contributed by atoms with van der Waals surface area (Å²) in [7, 11) is 0. The predicted molar refractivity (Wildman–Crippen MR) is 115 cm³/mol. The van der Waals surface area contributed by atoms with Crippen molar-refractivity contribution in [1.29, 1.82) is 0 Å². The molecule has 0 spiro atoms. The van der Waals surface area contributed by atoms with Gasteiger partial charge in [0, 0.05) is 24.6 Å². The van der Waals surface area contributed by atoms with Gasteiger partial charge in [-0.1, -0.05) is 29.4 Å². The fourth-order valence-electron chi connectivity index (χ4n) is 4.11. The summed E-state index contributed by atoms with van der Waals surface area (Å²) in [6.07, 6.45) is 4.60. The summed E-state index contributed by atoms with van der Waals surface area (Å²) in [6.45, 7) is 0.523. The van der Waals surface area contributed by atoms with Crippen LogP contribution in [0.25, 0.3) is 11.3 Å². The summed E-state index contributed by atoms with van der Waals surface area (Å²) in [6, 6.07) is 13.5. The monoisotopic (exact) mass is 449 g/mol. The van der Waals surface area contributed by atoms with Gasteiger partial charge in [-0.2, -0.15) is 0 Å². The highest BCUT2D eigenvalue weighted by molar-refractivity contribution is 5.92. The number of carbonyl (C=O) groups is 1. The van der Waals surface area contributed by atoms with Crippen LogP contribution < -0.4 is 0 Å². The second-order valence-corrected chi connectivity index (χ2v) is 8.03. The first-order valence-corrected chi connectivity index (χ1v) is 10.8. The minimum absolute atomic E-state index is 0.0400. The number of rotatable bonds is 5. The summed E-state index contributed by atoms with van der Waals surface area (Å²) in [5, 5.41) is 3.89. The number of hydrogen-bond donors (Lipinski definition) is 0. The first-order valence-electron chi connectivity index (χ1n) is 10.8. The maximum Gasteiger partial charge on any atom is 0.293 e. The van der Waals surface area contributed by atoms with E-state index in [1.165, 1.54) is 24.3 Å². The number of hydrogen-bond acceptors (Lipinski definition) is 5. The highest BCUT2D eigenvalue weighted by Crippen LogP contribution is 2.33. The number of aromatic nitrogens is 2. The third-order valence-corrected chi connectivity index (χ3v) is 5.78. The number of amides is 1. The van der Waals surface area contributed by atoms with Crippen molar-refractivity contribution >= 4 is 5.91 Å². The van der Waals surface area contributed by atoms with E-state index in [0.29, 0.717) is 31.0 Å². The minimum atomic E-state index is -0.436. The minimum Gasteiger partial charge on any atom is -0.443 e. The van der Waals surface area contributed by atoms with Crippen molar-refractivity contribution in [2.45, 2.75) is 31.7 Å². The van der Waals surface area contributed by atoms with Gasteiger partial charge in [0.15, 0.2) is 0 Å². The molecule has 2 aromatic heterocycles. The van der Waals surface area contributed by atoms with Gasteiger partial charge >= 0.3 is 0 Å². The first-order chi connectivity index (χ1) is 16.1. The van der Waals surface area contributed by atoms with Crippen LogP contribution in [-0.4, -0.2) is 27.5 Å². The van der Waals surface area contributed by atoms with Crippen molar-refractivity contribution in [3.05, 3.63) is 95.4 Å². The van der Waals surface area contributed by atoms with E-state index in [0.717, 1.165) is 18.4 Å². The van der Waals surface area contributed by atoms with E-state index >= 15 is 0 Å². The smallest absolute Gasteiger partial charge is 0.293 e. The van der Waals surface area contributed by atoms with Crippen LogP contribution in [0, 0.1) is 11.6 Å². The predicted octanol–water partition coefficient (Wildman–Crippen LogP) is 5.57. The van der Waals surface area contributed by atoms with Crippen LogP contribution in [0.4, 0.5) is 8.78 Å². The average molecular weight is 449 g/mol. The van der Waals surface area contributed by atoms with E-state index in [1.807, 2.05) is 0 Å². The van der Waals surface area contributed by atoms with Gasteiger partial charge in [-0.25, -0.2) is 13.8 Å². The van der Waals surface area contributed by atoms with E-state index < -0.39 is 5.82 Å². The van der Waals surface area contributed by atoms with Gasteiger partial charge in [-0.05, 0) is 49.1 Å². The summed E-state index contributed by atoms with van der Waals surface area (Å²) in [4.78, 5) is 19.3. The largest absolute Gasteiger partial charge is 0.443 e. The molecule has 2 aromatic carbocycles. The number of carbonyl (C=O) groups excluding carboxylic acids is 1. The molecule has 1 fully saturated rings. The molecule has 0 saturated carbocycles. The number of piperidine rings is 1. The molecule has 8 heteroatoms. The molecule has 3 heterocycles. The molecule has 1 atom stereocenters. The van der Waals surface area contributed by atoms with E-state index in [4.69, 9.17) is 8.94 Å². The summed E-state index contributed by atoms with van der Waals surface area (Å²) < 4.78 is 38.5. The number of nitrogens with zero attached hydrogens (tertiary/aromatic N) is 3. The summed E-state index contributed by atoms with van der Waals surface area (Å²) in [5.41, 5.74) is 1.44. The van der Waals surface area contributed by atoms with Crippen LogP contribution in [0.1, 0.15) is 53.1 Å². The molecule has 1 aliphatic rings. The molecule has 0 N–H and O–H groups in total. The van der Waals surface area contributed by atoms with Gasteiger partial charge < -0.3 is 13.8 Å². The number of halogens is 2. The lowest BCUT2D eigenvalue weighted by molar-refractivity contribution is 0.0528. The highest BCUT2D eigenvalue weighted by Gasteiger charge is 2.34. The van der Waals surface area contributed by atoms with Gasteiger partial charge in [0.05, 0.1) is 6.20 Å². The zero-order valence-corrected chi connectivity index (χ0v) is 17.7. The van der Waals surface area contributed by atoms with Gasteiger partial charge in [-0.15, -0.1) is 0 Å². The van der Waals surface area contributed by atoms with Crippen LogP contribution in [-0.2, 0) is 6.42 Å². The Bertz CT molecular complexity index is 1270. The van der Waals surface area contributed by atoms with E-state index in [9.17, 15) is 13.6 Å². The zero-order chi connectivity index (χ0) is 22.8. The van der Waals surface area contributed by atoms with Gasteiger partial charge in [0.25, 0.3) is 5.91 Å². The van der Waals surface area contributed by atoms with E-state index in [2.05, 4.69) is 10.1 Å². The molecule has 0 bridgehead atoms. The van der Waals surface area contributed by atoms with Crippen LogP contribution in [0.5, 0.6) is 0 Å². The van der Waals surface area contributed by atoms with E-state index in [1.54, 1.807) is 41.4 Å². The molecule has 4 aromatic rings. The number of likely N-dealkylation sites (tertiary alicyclic amines) is 1. The van der Waals surface area contributed by atoms with Crippen molar-refractivity contribution in [3.63, 3.8) is 0 Å². The topological polar surface area (TPSA) is 72.4 Å². The maximum absolute atomic E-state index is 14.1. The molecule has 0 aliphatic carbocycles. The normalized spacial score (nSPS) is 16.2. The molecule has 1 amide bonds. The SMILES string of the molecule is O=C(c1cc(-c2ccccc2F)no1)N1CCCCC1c1ncc(Cc2ccc(F)cc2)o1. The summed E-state index contributed by atoms with van der Waals surface area (Å²) in [5.74, 6) is 0.0597. The molecule has 0 radical (unpaired) electrons.